The van der Waals surface area contributed by atoms with Gasteiger partial charge in [0.2, 0.25) is 0 Å². The summed E-state index contributed by atoms with van der Waals surface area (Å²) in [5.74, 6) is 0.507. The number of nitrogens with zero attached hydrogens (tertiary/aromatic N) is 2. The van der Waals surface area contributed by atoms with E-state index in [0.717, 1.165) is 52.0 Å². The van der Waals surface area contributed by atoms with Crippen LogP contribution in [0.15, 0.2) is 0 Å². The van der Waals surface area contributed by atoms with Crippen molar-refractivity contribution in [3.05, 3.63) is 0 Å². The van der Waals surface area contributed by atoms with Gasteiger partial charge in [0, 0.05) is 26.2 Å². The summed E-state index contributed by atoms with van der Waals surface area (Å²) in [6.07, 6.45) is 2.66. The molecule has 2 aliphatic rings. The normalized spacial score (nSPS) is 28.7. The zero-order valence-electron chi connectivity index (χ0n) is 13.0. The second-order valence-electron chi connectivity index (χ2n) is 7.14. The summed E-state index contributed by atoms with van der Waals surface area (Å²) in [7, 11) is 0. The van der Waals surface area contributed by atoms with Crippen LogP contribution in [0.4, 0.5) is 4.79 Å². The van der Waals surface area contributed by atoms with Crippen molar-refractivity contribution in [2.75, 3.05) is 32.7 Å². The van der Waals surface area contributed by atoms with Gasteiger partial charge in [0.25, 0.3) is 0 Å². The molecule has 2 rings (SSSR count). The fraction of sp³-hybridized carbons (Fsp3) is 0.933. The van der Waals surface area contributed by atoms with Gasteiger partial charge in [0.1, 0.15) is 5.60 Å². The number of rotatable bonds is 2. The molecule has 2 saturated heterocycles. The predicted molar refractivity (Wildman–Crippen MR) is 77.6 cm³/mol. The summed E-state index contributed by atoms with van der Waals surface area (Å²) in [5.41, 5.74) is -0.424. The van der Waals surface area contributed by atoms with Crippen LogP contribution in [-0.4, -0.2) is 65.4 Å². The molecule has 0 aromatic heterocycles. The molecule has 0 saturated carbocycles. The number of carbonyl (C=O) groups excluding carboxylic acids is 1. The predicted octanol–water partition coefficient (Wildman–Crippen LogP) is 1.70. The first-order valence-electron chi connectivity index (χ1n) is 7.72. The van der Waals surface area contributed by atoms with E-state index >= 15 is 0 Å². The lowest BCUT2D eigenvalue weighted by atomic mass is 10.0. The fourth-order valence-corrected chi connectivity index (χ4v) is 3.04. The van der Waals surface area contributed by atoms with Crippen molar-refractivity contribution >= 4 is 6.09 Å². The Balaban J connectivity index is 1.76. The van der Waals surface area contributed by atoms with E-state index in [0.29, 0.717) is 5.92 Å². The zero-order valence-corrected chi connectivity index (χ0v) is 13.0. The molecule has 20 heavy (non-hydrogen) atoms. The van der Waals surface area contributed by atoms with Crippen LogP contribution in [0.25, 0.3) is 0 Å². The van der Waals surface area contributed by atoms with Crippen LogP contribution in [-0.2, 0) is 4.74 Å². The quantitative estimate of drug-likeness (QED) is 0.838. The average Bonchev–Trinajstić information content (AvgIpc) is 2.75. The topological polar surface area (TPSA) is 53.0 Å². The molecule has 0 aromatic rings. The molecule has 0 bridgehead atoms. The highest BCUT2D eigenvalue weighted by Crippen LogP contribution is 2.21. The molecule has 5 heteroatoms. The Labute approximate surface area is 121 Å². The minimum atomic E-state index is -0.424. The van der Waals surface area contributed by atoms with E-state index in [1.165, 1.54) is 0 Å². The number of hydrogen-bond donors (Lipinski definition) is 1. The molecule has 0 aromatic carbocycles. The molecule has 2 atom stereocenters. The van der Waals surface area contributed by atoms with E-state index in [9.17, 15) is 9.90 Å². The lowest BCUT2D eigenvalue weighted by Gasteiger charge is -2.32. The number of β-amino-alcohol motifs (C(OH)–C–C–N with tert-alkyl or cyclic N) is 1. The standard InChI is InChI=1S/C15H28N2O3/c1-15(2,3)20-14(19)17-8-6-12(10-17)9-16-7-4-5-13(18)11-16/h12-13,18H,4-11H2,1-3H3. The molecular weight excluding hydrogens is 256 g/mol. The first-order chi connectivity index (χ1) is 9.33. The molecule has 1 N–H and O–H groups in total. The lowest BCUT2D eigenvalue weighted by molar-refractivity contribution is 0.0276. The molecule has 2 fully saturated rings. The minimum Gasteiger partial charge on any atom is -0.444 e. The maximum Gasteiger partial charge on any atom is 0.410 e. The first kappa shape index (κ1) is 15.6. The second-order valence-corrected chi connectivity index (χ2v) is 7.14. The van der Waals surface area contributed by atoms with Crippen molar-refractivity contribution in [3.63, 3.8) is 0 Å². The average molecular weight is 284 g/mol. The smallest absolute Gasteiger partial charge is 0.410 e. The van der Waals surface area contributed by atoms with Crippen molar-refractivity contribution in [3.8, 4) is 0 Å². The molecule has 116 valence electrons. The van der Waals surface area contributed by atoms with Crippen molar-refractivity contribution in [2.45, 2.75) is 51.7 Å². The van der Waals surface area contributed by atoms with Crippen LogP contribution in [0, 0.1) is 5.92 Å². The first-order valence-corrected chi connectivity index (χ1v) is 7.72. The van der Waals surface area contributed by atoms with E-state index in [1.54, 1.807) is 0 Å². The summed E-state index contributed by atoms with van der Waals surface area (Å²) in [4.78, 5) is 16.1. The van der Waals surface area contributed by atoms with Gasteiger partial charge in [-0.3, -0.25) is 0 Å². The van der Waals surface area contributed by atoms with Gasteiger partial charge in [-0.2, -0.15) is 0 Å². The summed E-state index contributed by atoms with van der Waals surface area (Å²) < 4.78 is 5.41. The van der Waals surface area contributed by atoms with Crippen molar-refractivity contribution in [1.29, 1.82) is 0 Å². The minimum absolute atomic E-state index is 0.174. The van der Waals surface area contributed by atoms with Crippen LogP contribution in [0.3, 0.4) is 0 Å². The number of carbonyl (C=O) groups is 1. The number of likely N-dealkylation sites (tertiary alicyclic amines) is 2. The Morgan fingerprint density at radius 1 is 1.25 bits per heavy atom. The van der Waals surface area contributed by atoms with E-state index in [4.69, 9.17) is 4.74 Å². The highest BCUT2D eigenvalue weighted by molar-refractivity contribution is 5.68. The van der Waals surface area contributed by atoms with Gasteiger partial charge < -0.3 is 19.6 Å². The summed E-state index contributed by atoms with van der Waals surface area (Å²) >= 11 is 0. The number of amides is 1. The number of ether oxygens (including phenoxy) is 1. The molecule has 1 amide bonds. The lowest BCUT2D eigenvalue weighted by Crippen LogP contribution is -2.41. The summed E-state index contributed by atoms with van der Waals surface area (Å²) in [5, 5.41) is 9.70. The van der Waals surface area contributed by atoms with Crippen molar-refractivity contribution < 1.29 is 14.6 Å². The van der Waals surface area contributed by atoms with Gasteiger partial charge in [0.05, 0.1) is 6.10 Å². The summed E-state index contributed by atoms with van der Waals surface area (Å²) in [6, 6.07) is 0. The third-order valence-electron chi connectivity index (χ3n) is 3.93. The molecule has 2 unspecified atom stereocenters. The number of aliphatic hydroxyl groups excluding tert-OH is 1. The van der Waals surface area contributed by atoms with Crippen molar-refractivity contribution in [2.24, 2.45) is 5.92 Å². The molecule has 0 radical (unpaired) electrons. The monoisotopic (exact) mass is 284 g/mol. The zero-order chi connectivity index (χ0) is 14.8. The van der Waals surface area contributed by atoms with Crippen LogP contribution >= 0.6 is 0 Å². The van der Waals surface area contributed by atoms with E-state index in [2.05, 4.69) is 4.90 Å². The van der Waals surface area contributed by atoms with Crippen LogP contribution in [0.1, 0.15) is 40.0 Å². The summed E-state index contributed by atoms with van der Waals surface area (Å²) in [6.45, 7) is 10.1. The van der Waals surface area contributed by atoms with Gasteiger partial charge in [-0.1, -0.05) is 0 Å². The molecule has 2 heterocycles. The largest absolute Gasteiger partial charge is 0.444 e. The Morgan fingerprint density at radius 2 is 2.00 bits per heavy atom. The van der Waals surface area contributed by atoms with E-state index < -0.39 is 5.60 Å². The maximum atomic E-state index is 12.0. The van der Waals surface area contributed by atoms with E-state index in [-0.39, 0.29) is 12.2 Å². The third kappa shape index (κ3) is 4.63. The van der Waals surface area contributed by atoms with Gasteiger partial charge in [-0.25, -0.2) is 4.79 Å². The SMILES string of the molecule is CC(C)(C)OC(=O)N1CCC(CN2CCCC(O)C2)C1. The Morgan fingerprint density at radius 3 is 2.65 bits per heavy atom. The molecule has 0 spiro atoms. The second kappa shape index (κ2) is 6.31. The van der Waals surface area contributed by atoms with Crippen LogP contribution in [0.2, 0.25) is 0 Å². The van der Waals surface area contributed by atoms with Gasteiger partial charge in [-0.05, 0) is 52.5 Å². The highest BCUT2D eigenvalue weighted by atomic mass is 16.6. The third-order valence-corrected chi connectivity index (χ3v) is 3.93. The fourth-order valence-electron chi connectivity index (χ4n) is 3.04. The number of aliphatic hydroxyl groups is 1. The highest BCUT2D eigenvalue weighted by Gasteiger charge is 2.31. The molecule has 0 aliphatic carbocycles. The Hall–Kier alpha value is -0.810. The van der Waals surface area contributed by atoms with Gasteiger partial charge >= 0.3 is 6.09 Å². The molecule has 5 nitrogen and oxygen atoms in total. The van der Waals surface area contributed by atoms with Crippen molar-refractivity contribution in [1.82, 2.24) is 9.80 Å². The number of piperidine rings is 1. The van der Waals surface area contributed by atoms with Gasteiger partial charge in [-0.15, -0.1) is 0 Å². The molecular formula is C15H28N2O3. The molecule has 2 aliphatic heterocycles. The number of hydrogen-bond acceptors (Lipinski definition) is 4. The van der Waals surface area contributed by atoms with Crippen LogP contribution in [0.5, 0.6) is 0 Å². The maximum absolute atomic E-state index is 12.0. The van der Waals surface area contributed by atoms with E-state index in [1.807, 2.05) is 25.7 Å². The van der Waals surface area contributed by atoms with Gasteiger partial charge in [0.15, 0.2) is 0 Å². The van der Waals surface area contributed by atoms with Crippen LogP contribution < -0.4 is 0 Å². The Bertz CT molecular complexity index is 341. The Kier molecular flexibility index (Phi) is 4.91.